The van der Waals surface area contributed by atoms with Crippen LogP contribution in [0, 0.1) is 6.92 Å². The summed E-state index contributed by atoms with van der Waals surface area (Å²) in [4.78, 5) is 17.9. The van der Waals surface area contributed by atoms with Crippen LogP contribution in [0.25, 0.3) is 0 Å². The molecule has 0 radical (unpaired) electrons. The van der Waals surface area contributed by atoms with E-state index in [1.54, 1.807) is 4.90 Å². The zero-order valence-corrected chi connectivity index (χ0v) is 11.6. The average molecular weight is 281 g/mol. The van der Waals surface area contributed by atoms with Crippen molar-refractivity contribution in [3.8, 4) is 0 Å². The van der Waals surface area contributed by atoms with E-state index < -0.39 is 0 Å². The molecule has 5 nitrogen and oxygen atoms in total. The molecule has 2 amide bonds. The van der Waals surface area contributed by atoms with Crippen molar-refractivity contribution in [3.63, 3.8) is 0 Å². The molecule has 1 aliphatic heterocycles. The summed E-state index contributed by atoms with van der Waals surface area (Å²) in [5.74, 6) is 0.554. The number of hydrogen-bond donors (Lipinski definition) is 2. The van der Waals surface area contributed by atoms with Gasteiger partial charge in [-0.15, -0.1) is 11.6 Å². The van der Waals surface area contributed by atoms with E-state index in [1.165, 1.54) is 0 Å². The number of halogens is 1. The minimum Gasteiger partial charge on any atom is -0.386 e. The van der Waals surface area contributed by atoms with Crippen LogP contribution >= 0.6 is 11.6 Å². The number of alkyl halides is 1. The van der Waals surface area contributed by atoms with Gasteiger partial charge < -0.3 is 11.1 Å². The van der Waals surface area contributed by atoms with Crippen molar-refractivity contribution >= 4 is 34.8 Å². The molecule has 2 rings (SSSR count). The van der Waals surface area contributed by atoms with Crippen molar-refractivity contribution in [2.24, 2.45) is 10.7 Å². The molecule has 1 saturated heterocycles. The summed E-state index contributed by atoms with van der Waals surface area (Å²) in [6, 6.07) is 5.57. The highest BCUT2D eigenvalue weighted by Gasteiger charge is 2.21. The lowest BCUT2D eigenvalue weighted by Crippen LogP contribution is -2.46. The Bertz CT molecular complexity index is 515. The third-order valence-electron chi connectivity index (χ3n) is 3.05. The summed E-state index contributed by atoms with van der Waals surface area (Å²) < 4.78 is 0. The molecule has 0 atom stereocenters. The largest absolute Gasteiger partial charge is 0.386 e. The second-order valence-corrected chi connectivity index (χ2v) is 4.66. The maximum atomic E-state index is 11.9. The number of carbonyl (C=O) groups is 1. The predicted molar refractivity (Wildman–Crippen MR) is 78.5 cm³/mol. The van der Waals surface area contributed by atoms with Crippen LogP contribution in [0.4, 0.5) is 16.2 Å². The van der Waals surface area contributed by atoms with Crippen LogP contribution in [0.15, 0.2) is 23.2 Å². The summed E-state index contributed by atoms with van der Waals surface area (Å²) in [5, 5.41) is 2.83. The van der Waals surface area contributed by atoms with Gasteiger partial charge >= 0.3 is 6.03 Å². The van der Waals surface area contributed by atoms with Crippen LogP contribution in [0.2, 0.25) is 0 Å². The van der Waals surface area contributed by atoms with E-state index in [0.29, 0.717) is 12.4 Å². The second-order valence-electron chi connectivity index (χ2n) is 4.40. The molecule has 0 bridgehead atoms. The molecular formula is C13H17ClN4O. The maximum absolute atomic E-state index is 11.9. The van der Waals surface area contributed by atoms with Crippen LogP contribution in [0.1, 0.15) is 12.0 Å². The molecular weight excluding hydrogens is 264 g/mol. The number of anilines is 1. The lowest BCUT2D eigenvalue weighted by atomic mass is 10.1. The molecule has 1 aromatic rings. The third kappa shape index (κ3) is 2.98. The number of aliphatic imine (C=N–C) groups is 1. The number of amides is 2. The van der Waals surface area contributed by atoms with Crippen molar-refractivity contribution in [2.75, 3.05) is 23.9 Å². The van der Waals surface area contributed by atoms with Crippen molar-refractivity contribution in [2.45, 2.75) is 13.3 Å². The number of benzene rings is 1. The number of nitrogens with zero attached hydrogens (tertiary/aromatic N) is 2. The molecule has 0 aromatic heterocycles. The molecule has 19 heavy (non-hydrogen) atoms. The normalized spacial score (nSPS) is 16.4. The fourth-order valence-electron chi connectivity index (χ4n) is 2.07. The Hall–Kier alpha value is -1.75. The van der Waals surface area contributed by atoms with Crippen molar-refractivity contribution in [3.05, 3.63) is 23.8 Å². The van der Waals surface area contributed by atoms with Gasteiger partial charge in [-0.25, -0.2) is 9.79 Å². The molecule has 1 aliphatic rings. The Morgan fingerprint density at radius 2 is 2.37 bits per heavy atom. The van der Waals surface area contributed by atoms with E-state index >= 15 is 0 Å². The first-order valence-corrected chi connectivity index (χ1v) is 6.71. The summed E-state index contributed by atoms with van der Waals surface area (Å²) >= 11 is 5.64. The zero-order chi connectivity index (χ0) is 13.8. The molecule has 0 saturated carbocycles. The van der Waals surface area contributed by atoms with Crippen LogP contribution in [-0.4, -0.2) is 30.8 Å². The summed E-state index contributed by atoms with van der Waals surface area (Å²) in [6.45, 7) is 3.37. The zero-order valence-electron chi connectivity index (χ0n) is 10.8. The first-order chi connectivity index (χ1) is 9.13. The van der Waals surface area contributed by atoms with Crippen LogP contribution < -0.4 is 16.0 Å². The van der Waals surface area contributed by atoms with Gasteiger partial charge in [-0.1, -0.05) is 6.07 Å². The highest BCUT2D eigenvalue weighted by atomic mass is 35.5. The van der Waals surface area contributed by atoms with Gasteiger partial charge in [0, 0.05) is 13.1 Å². The first-order valence-electron chi connectivity index (χ1n) is 6.17. The first kappa shape index (κ1) is 13.7. The fourth-order valence-corrected chi connectivity index (χ4v) is 2.13. The van der Waals surface area contributed by atoms with Crippen molar-refractivity contribution < 1.29 is 4.79 Å². The summed E-state index contributed by atoms with van der Waals surface area (Å²) in [7, 11) is 0. The Morgan fingerprint density at radius 3 is 3.05 bits per heavy atom. The Labute approximate surface area is 117 Å². The molecule has 6 heteroatoms. The number of carbonyl (C=O) groups excluding carboxylic acids is 1. The topological polar surface area (TPSA) is 70.7 Å². The van der Waals surface area contributed by atoms with Crippen LogP contribution in [0.5, 0.6) is 0 Å². The minimum absolute atomic E-state index is 0.0687. The number of nitrogens with two attached hydrogens (primary N) is 1. The lowest BCUT2D eigenvalue weighted by molar-refractivity contribution is 0.243. The average Bonchev–Trinajstić information content (AvgIpc) is 2.42. The molecule has 0 aliphatic carbocycles. The van der Waals surface area contributed by atoms with Gasteiger partial charge in [0.15, 0.2) is 0 Å². The number of hydrogen-bond acceptors (Lipinski definition) is 2. The maximum Gasteiger partial charge on any atom is 0.321 e. The number of amidine groups is 1. The quantitative estimate of drug-likeness (QED) is 0.506. The van der Waals surface area contributed by atoms with Gasteiger partial charge in [-0.05, 0) is 31.0 Å². The van der Waals surface area contributed by atoms with E-state index in [4.69, 9.17) is 17.3 Å². The summed E-state index contributed by atoms with van der Waals surface area (Å²) in [6.07, 6.45) is 0.933. The molecule has 3 N–H and O–H groups in total. The highest BCUT2D eigenvalue weighted by Crippen LogP contribution is 2.29. The van der Waals surface area contributed by atoms with Gasteiger partial charge in [0.2, 0.25) is 0 Å². The van der Waals surface area contributed by atoms with E-state index in [-0.39, 0.29) is 11.9 Å². The predicted octanol–water partition coefficient (Wildman–Crippen LogP) is 2.14. The van der Waals surface area contributed by atoms with Gasteiger partial charge in [-0.2, -0.15) is 0 Å². The minimum atomic E-state index is -0.0687. The van der Waals surface area contributed by atoms with E-state index in [0.717, 1.165) is 29.9 Å². The Morgan fingerprint density at radius 1 is 1.58 bits per heavy atom. The van der Waals surface area contributed by atoms with E-state index in [1.807, 2.05) is 25.1 Å². The van der Waals surface area contributed by atoms with Gasteiger partial charge in [0.25, 0.3) is 0 Å². The van der Waals surface area contributed by atoms with E-state index in [2.05, 4.69) is 10.3 Å². The van der Waals surface area contributed by atoms with Crippen molar-refractivity contribution in [1.29, 1.82) is 0 Å². The monoisotopic (exact) mass is 280 g/mol. The number of urea groups is 1. The van der Waals surface area contributed by atoms with Crippen molar-refractivity contribution in [1.82, 2.24) is 5.32 Å². The molecule has 1 heterocycles. The highest BCUT2D eigenvalue weighted by molar-refractivity contribution is 6.28. The fraction of sp³-hybridized carbons (Fsp3) is 0.385. The standard InChI is InChI=1S/C13H17ClN4O/c1-9-10(17-12(15)8-14)4-2-5-11(9)18-7-3-6-16-13(18)19/h2,4-5H,3,6-8H2,1H3,(H2,15,17)(H,16,19). The SMILES string of the molecule is Cc1c(N=C(N)CCl)cccc1N1CCCNC1=O. The third-order valence-corrected chi connectivity index (χ3v) is 3.32. The number of nitrogens with one attached hydrogen (secondary N) is 1. The Kier molecular flexibility index (Phi) is 4.27. The molecule has 0 unspecified atom stereocenters. The van der Waals surface area contributed by atoms with Gasteiger partial charge in [0.1, 0.15) is 5.84 Å². The molecule has 1 fully saturated rings. The Balaban J connectivity index is 2.36. The summed E-state index contributed by atoms with van der Waals surface area (Å²) in [5.41, 5.74) is 8.18. The molecule has 0 spiro atoms. The number of rotatable bonds is 3. The van der Waals surface area contributed by atoms with E-state index in [9.17, 15) is 4.79 Å². The van der Waals surface area contributed by atoms with Crippen LogP contribution in [-0.2, 0) is 0 Å². The van der Waals surface area contributed by atoms with Gasteiger partial charge in [0.05, 0.1) is 17.3 Å². The van der Waals surface area contributed by atoms with Crippen LogP contribution in [0.3, 0.4) is 0 Å². The van der Waals surface area contributed by atoms with Gasteiger partial charge in [-0.3, -0.25) is 4.90 Å². The molecule has 102 valence electrons. The lowest BCUT2D eigenvalue weighted by Gasteiger charge is -2.29. The smallest absolute Gasteiger partial charge is 0.321 e. The second kappa shape index (κ2) is 5.93. The molecule has 1 aromatic carbocycles.